The molecule has 2 rings (SSSR count). The maximum Gasteiger partial charge on any atom is 0.149 e. The summed E-state index contributed by atoms with van der Waals surface area (Å²) in [5, 5.41) is 14.3. The molecule has 0 amide bonds. The number of hydrogen-bond acceptors (Lipinski definition) is 4. The van der Waals surface area contributed by atoms with Crippen LogP contribution >= 0.6 is 11.3 Å². The van der Waals surface area contributed by atoms with Gasteiger partial charge >= 0.3 is 0 Å². The van der Waals surface area contributed by atoms with Gasteiger partial charge in [-0.15, -0.1) is 11.3 Å². The van der Waals surface area contributed by atoms with Gasteiger partial charge in [0.05, 0.1) is 13.2 Å². The number of nitriles is 1. The lowest BCUT2D eigenvalue weighted by Gasteiger charge is -2.12. The maximum absolute atomic E-state index is 9.15. The summed E-state index contributed by atoms with van der Waals surface area (Å²) in [6.07, 6.45) is 0. The van der Waals surface area contributed by atoms with Gasteiger partial charge in [0.15, 0.2) is 0 Å². The lowest BCUT2D eigenvalue weighted by molar-refractivity contribution is 0.415. The summed E-state index contributed by atoms with van der Waals surface area (Å²) in [6, 6.07) is 13.4. The van der Waals surface area contributed by atoms with Gasteiger partial charge in [0.2, 0.25) is 0 Å². The first-order chi connectivity index (χ1) is 8.33. The van der Waals surface area contributed by atoms with E-state index in [2.05, 4.69) is 11.4 Å². The standard InChI is InChI=1S/C13H12N2OS/c1-16-11-5-2-4-10(8-11)15-12(9-14)13-6-3-7-17-13/h2-8,12,15H,1H3. The van der Waals surface area contributed by atoms with Crippen LogP contribution in [-0.2, 0) is 0 Å². The summed E-state index contributed by atoms with van der Waals surface area (Å²) < 4.78 is 5.14. The van der Waals surface area contributed by atoms with Crippen LogP contribution < -0.4 is 10.1 Å². The van der Waals surface area contributed by atoms with E-state index in [4.69, 9.17) is 10.00 Å². The first-order valence-corrected chi connectivity index (χ1v) is 6.05. The van der Waals surface area contributed by atoms with Gasteiger partial charge in [-0.3, -0.25) is 0 Å². The highest BCUT2D eigenvalue weighted by Crippen LogP contribution is 2.25. The van der Waals surface area contributed by atoms with Crippen molar-refractivity contribution in [2.24, 2.45) is 0 Å². The van der Waals surface area contributed by atoms with Crippen LogP contribution in [0.25, 0.3) is 0 Å². The SMILES string of the molecule is COc1cccc(NC(C#N)c2cccs2)c1. The van der Waals surface area contributed by atoms with E-state index in [9.17, 15) is 0 Å². The Labute approximate surface area is 104 Å². The van der Waals surface area contributed by atoms with E-state index in [1.165, 1.54) is 0 Å². The van der Waals surface area contributed by atoms with E-state index in [-0.39, 0.29) is 6.04 Å². The average Bonchev–Trinajstić information content (AvgIpc) is 2.90. The zero-order valence-corrected chi connectivity index (χ0v) is 10.2. The molecule has 0 saturated carbocycles. The normalized spacial score (nSPS) is 11.5. The lowest BCUT2D eigenvalue weighted by Crippen LogP contribution is -2.06. The van der Waals surface area contributed by atoms with Gasteiger partial charge in [0.25, 0.3) is 0 Å². The molecule has 1 atom stereocenters. The quantitative estimate of drug-likeness (QED) is 0.896. The minimum Gasteiger partial charge on any atom is -0.497 e. The highest BCUT2D eigenvalue weighted by Gasteiger charge is 2.11. The van der Waals surface area contributed by atoms with Crippen LogP contribution in [0, 0.1) is 11.3 Å². The Hall–Kier alpha value is -1.99. The number of benzene rings is 1. The van der Waals surface area contributed by atoms with E-state index in [0.717, 1.165) is 16.3 Å². The number of rotatable bonds is 4. The van der Waals surface area contributed by atoms with Gasteiger partial charge in [0, 0.05) is 16.6 Å². The third kappa shape index (κ3) is 2.77. The van der Waals surface area contributed by atoms with Crippen LogP contribution in [0.3, 0.4) is 0 Å². The molecule has 4 heteroatoms. The Bertz CT molecular complexity index is 516. The van der Waals surface area contributed by atoms with Crippen molar-refractivity contribution in [3.63, 3.8) is 0 Å². The summed E-state index contributed by atoms with van der Waals surface area (Å²) >= 11 is 1.57. The molecule has 1 unspecified atom stereocenters. The second-order valence-corrected chi connectivity index (χ2v) is 4.43. The van der Waals surface area contributed by atoms with Crippen molar-refractivity contribution in [1.82, 2.24) is 0 Å². The van der Waals surface area contributed by atoms with Gasteiger partial charge in [-0.2, -0.15) is 5.26 Å². The number of ether oxygens (including phenoxy) is 1. The Morgan fingerprint density at radius 1 is 1.35 bits per heavy atom. The highest BCUT2D eigenvalue weighted by atomic mass is 32.1. The molecule has 0 saturated heterocycles. The molecule has 17 heavy (non-hydrogen) atoms. The van der Waals surface area contributed by atoms with Gasteiger partial charge < -0.3 is 10.1 Å². The van der Waals surface area contributed by atoms with Crippen molar-refractivity contribution in [2.75, 3.05) is 12.4 Å². The number of hydrogen-bond donors (Lipinski definition) is 1. The van der Waals surface area contributed by atoms with Crippen molar-refractivity contribution in [3.8, 4) is 11.8 Å². The van der Waals surface area contributed by atoms with Crippen molar-refractivity contribution in [1.29, 1.82) is 5.26 Å². The Kier molecular flexibility index (Phi) is 3.63. The number of nitrogens with zero attached hydrogens (tertiary/aromatic N) is 1. The van der Waals surface area contributed by atoms with Crippen molar-refractivity contribution in [2.45, 2.75) is 6.04 Å². The average molecular weight is 244 g/mol. The van der Waals surface area contributed by atoms with Gasteiger partial charge in [-0.1, -0.05) is 12.1 Å². The Morgan fingerprint density at radius 2 is 2.24 bits per heavy atom. The first kappa shape index (κ1) is 11.5. The lowest BCUT2D eigenvalue weighted by atomic mass is 10.2. The summed E-state index contributed by atoms with van der Waals surface area (Å²) in [4.78, 5) is 1.01. The van der Waals surface area contributed by atoms with Crippen LogP contribution in [0.4, 0.5) is 5.69 Å². The van der Waals surface area contributed by atoms with E-state index in [1.807, 2.05) is 41.8 Å². The first-order valence-electron chi connectivity index (χ1n) is 5.17. The minimum atomic E-state index is -0.317. The van der Waals surface area contributed by atoms with Gasteiger partial charge in [-0.05, 0) is 23.6 Å². The summed E-state index contributed by atoms with van der Waals surface area (Å²) in [5.74, 6) is 0.776. The number of nitrogens with one attached hydrogen (secondary N) is 1. The van der Waals surface area contributed by atoms with Crippen molar-refractivity contribution in [3.05, 3.63) is 46.7 Å². The van der Waals surface area contributed by atoms with Crippen molar-refractivity contribution >= 4 is 17.0 Å². The third-order valence-electron chi connectivity index (χ3n) is 2.34. The van der Waals surface area contributed by atoms with E-state index in [1.54, 1.807) is 18.4 Å². The molecule has 1 aromatic carbocycles. The predicted molar refractivity (Wildman–Crippen MR) is 69.3 cm³/mol. The summed E-state index contributed by atoms with van der Waals surface area (Å²) in [6.45, 7) is 0. The number of methoxy groups -OCH3 is 1. The minimum absolute atomic E-state index is 0.317. The third-order valence-corrected chi connectivity index (χ3v) is 3.27. The van der Waals surface area contributed by atoms with E-state index >= 15 is 0 Å². The predicted octanol–water partition coefficient (Wildman–Crippen LogP) is 3.43. The van der Waals surface area contributed by atoms with Crippen molar-refractivity contribution < 1.29 is 4.74 Å². The molecule has 0 radical (unpaired) electrons. The summed E-state index contributed by atoms with van der Waals surface area (Å²) in [5.41, 5.74) is 0.879. The molecule has 0 fully saturated rings. The fourth-order valence-corrected chi connectivity index (χ4v) is 2.22. The molecular formula is C13H12N2OS. The van der Waals surface area contributed by atoms with Crippen LogP contribution in [0.15, 0.2) is 41.8 Å². The van der Waals surface area contributed by atoms with Gasteiger partial charge in [-0.25, -0.2) is 0 Å². The molecule has 2 aromatic rings. The molecule has 1 N–H and O–H groups in total. The smallest absolute Gasteiger partial charge is 0.149 e. The largest absolute Gasteiger partial charge is 0.497 e. The molecule has 1 aromatic heterocycles. The Morgan fingerprint density at radius 3 is 2.88 bits per heavy atom. The van der Waals surface area contributed by atoms with E-state index in [0.29, 0.717) is 0 Å². The fourth-order valence-electron chi connectivity index (χ4n) is 1.50. The number of anilines is 1. The molecule has 0 bridgehead atoms. The fraction of sp³-hybridized carbons (Fsp3) is 0.154. The molecule has 0 aliphatic carbocycles. The molecular weight excluding hydrogens is 232 g/mol. The second kappa shape index (κ2) is 5.37. The van der Waals surface area contributed by atoms with Crippen LogP contribution in [0.1, 0.15) is 10.9 Å². The monoisotopic (exact) mass is 244 g/mol. The van der Waals surface area contributed by atoms with Crippen LogP contribution in [0.5, 0.6) is 5.75 Å². The van der Waals surface area contributed by atoms with Crippen LogP contribution in [0.2, 0.25) is 0 Å². The second-order valence-electron chi connectivity index (χ2n) is 3.45. The topological polar surface area (TPSA) is 45.0 Å². The zero-order chi connectivity index (χ0) is 12.1. The summed E-state index contributed by atoms with van der Waals surface area (Å²) in [7, 11) is 1.63. The number of thiophene rings is 1. The molecule has 1 heterocycles. The Balaban J connectivity index is 2.16. The molecule has 3 nitrogen and oxygen atoms in total. The highest BCUT2D eigenvalue weighted by molar-refractivity contribution is 7.10. The molecule has 0 aliphatic heterocycles. The molecule has 0 aliphatic rings. The van der Waals surface area contributed by atoms with Crippen LogP contribution in [-0.4, -0.2) is 7.11 Å². The maximum atomic E-state index is 9.15. The molecule has 86 valence electrons. The molecule has 0 spiro atoms. The van der Waals surface area contributed by atoms with E-state index < -0.39 is 0 Å². The zero-order valence-electron chi connectivity index (χ0n) is 9.38. The van der Waals surface area contributed by atoms with Gasteiger partial charge in [0.1, 0.15) is 11.8 Å².